The maximum atomic E-state index is 4.78. The van der Waals surface area contributed by atoms with Crippen molar-refractivity contribution in [1.82, 2.24) is 9.97 Å². The van der Waals surface area contributed by atoms with Gasteiger partial charge in [0, 0.05) is 6.20 Å². The molecule has 0 aliphatic carbocycles. The van der Waals surface area contributed by atoms with Gasteiger partial charge in [-0.15, -0.1) is 0 Å². The summed E-state index contributed by atoms with van der Waals surface area (Å²) >= 11 is 6.44. The summed E-state index contributed by atoms with van der Waals surface area (Å²) in [6.45, 7) is 0. The van der Waals surface area contributed by atoms with E-state index in [-0.39, 0.29) is 0 Å². The SMILES string of the molecule is COc1ncc(Br)c(Br)n1. The van der Waals surface area contributed by atoms with E-state index in [0.29, 0.717) is 10.6 Å². The third-order valence-corrected chi connectivity index (χ3v) is 2.58. The van der Waals surface area contributed by atoms with Crippen molar-refractivity contribution in [3.63, 3.8) is 0 Å². The van der Waals surface area contributed by atoms with Crippen LogP contribution in [0.25, 0.3) is 0 Å². The van der Waals surface area contributed by atoms with Crippen LogP contribution in [0.5, 0.6) is 6.01 Å². The standard InChI is InChI=1S/C5H4Br2N2O/c1-10-5-8-2-3(6)4(7)9-5/h2H,1H3. The van der Waals surface area contributed by atoms with Gasteiger partial charge in [-0.05, 0) is 31.9 Å². The quantitative estimate of drug-likeness (QED) is 0.731. The van der Waals surface area contributed by atoms with Crippen molar-refractivity contribution >= 4 is 31.9 Å². The van der Waals surface area contributed by atoms with E-state index in [2.05, 4.69) is 41.8 Å². The van der Waals surface area contributed by atoms with Crippen molar-refractivity contribution in [2.75, 3.05) is 7.11 Å². The summed E-state index contributed by atoms with van der Waals surface area (Å²) < 4.78 is 6.28. The van der Waals surface area contributed by atoms with Crippen LogP contribution in [-0.4, -0.2) is 17.1 Å². The first-order valence-electron chi connectivity index (χ1n) is 2.46. The van der Waals surface area contributed by atoms with Gasteiger partial charge in [-0.3, -0.25) is 0 Å². The highest BCUT2D eigenvalue weighted by molar-refractivity contribution is 9.13. The molecule has 10 heavy (non-hydrogen) atoms. The summed E-state index contributed by atoms with van der Waals surface area (Å²) in [6, 6.07) is 0.357. The Morgan fingerprint density at radius 3 is 2.70 bits per heavy atom. The minimum absolute atomic E-state index is 0.357. The third kappa shape index (κ3) is 1.67. The predicted molar refractivity (Wildman–Crippen MR) is 44.0 cm³/mol. The summed E-state index contributed by atoms with van der Waals surface area (Å²) in [7, 11) is 1.52. The van der Waals surface area contributed by atoms with Crippen LogP contribution in [0.1, 0.15) is 0 Å². The van der Waals surface area contributed by atoms with Crippen LogP contribution in [0.3, 0.4) is 0 Å². The first kappa shape index (κ1) is 7.94. The minimum Gasteiger partial charge on any atom is -0.467 e. The number of nitrogens with zero attached hydrogens (tertiary/aromatic N) is 2. The average molecular weight is 268 g/mol. The Morgan fingerprint density at radius 1 is 1.50 bits per heavy atom. The number of hydrogen-bond donors (Lipinski definition) is 0. The summed E-state index contributed by atoms with van der Waals surface area (Å²) in [5.41, 5.74) is 0. The number of hydrogen-bond acceptors (Lipinski definition) is 3. The van der Waals surface area contributed by atoms with Crippen LogP contribution >= 0.6 is 31.9 Å². The van der Waals surface area contributed by atoms with Crippen molar-refractivity contribution in [3.8, 4) is 6.01 Å². The molecule has 1 heterocycles. The molecule has 1 aromatic heterocycles. The lowest BCUT2D eigenvalue weighted by molar-refractivity contribution is 0.378. The van der Waals surface area contributed by atoms with Crippen LogP contribution in [0.2, 0.25) is 0 Å². The molecule has 0 aliphatic heterocycles. The molecule has 3 nitrogen and oxygen atoms in total. The fraction of sp³-hybridized carbons (Fsp3) is 0.200. The topological polar surface area (TPSA) is 35.0 Å². The number of halogens is 2. The molecule has 0 bridgehead atoms. The number of rotatable bonds is 1. The summed E-state index contributed by atoms with van der Waals surface area (Å²) in [4.78, 5) is 7.78. The molecule has 54 valence electrons. The highest BCUT2D eigenvalue weighted by Gasteiger charge is 1.99. The highest BCUT2D eigenvalue weighted by Crippen LogP contribution is 2.20. The minimum atomic E-state index is 0.357. The number of ether oxygens (including phenoxy) is 1. The van der Waals surface area contributed by atoms with E-state index in [1.807, 2.05) is 0 Å². The zero-order chi connectivity index (χ0) is 7.56. The van der Waals surface area contributed by atoms with E-state index < -0.39 is 0 Å². The summed E-state index contributed by atoms with van der Waals surface area (Å²) in [5.74, 6) is 0. The van der Waals surface area contributed by atoms with E-state index in [1.54, 1.807) is 6.20 Å². The van der Waals surface area contributed by atoms with Crippen LogP contribution in [-0.2, 0) is 0 Å². The molecule has 0 saturated heterocycles. The molecule has 0 radical (unpaired) electrons. The van der Waals surface area contributed by atoms with E-state index in [4.69, 9.17) is 4.74 Å². The molecular weight excluding hydrogens is 264 g/mol. The van der Waals surface area contributed by atoms with Gasteiger partial charge in [0.15, 0.2) is 0 Å². The van der Waals surface area contributed by atoms with Gasteiger partial charge in [0.1, 0.15) is 4.60 Å². The van der Waals surface area contributed by atoms with Gasteiger partial charge in [0.2, 0.25) is 0 Å². The predicted octanol–water partition coefficient (Wildman–Crippen LogP) is 2.01. The molecule has 0 unspecified atom stereocenters. The normalized spacial score (nSPS) is 9.50. The van der Waals surface area contributed by atoms with Gasteiger partial charge in [-0.1, -0.05) is 0 Å². The molecule has 0 atom stereocenters. The average Bonchev–Trinajstić information content (AvgIpc) is 1.95. The molecule has 0 spiro atoms. The molecule has 0 amide bonds. The molecule has 1 aromatic rings. The van der Waals surface area contributed by atoms with Crippen molar-refractivity contribution in [3.05, 3.63) is 15.3 Å². The third-order valence-electron chi connectivity index (χ3n) is 0.862. The molecule has 5 heteroatoms. The first-order chi connectivity index (χ1) is 4.74. The summed E-state index contributed by atoms with van der Waals surface area (Å²) in [6.07, 6.45) is 1.62. The second-order valence-electron chi connectivity index (χ2n) is 1.50. The Kier molecular flexibility index (Phi) is 2.62. The zero-order valence-corrected chi connectivity index (χ0v) is 8.31. The van der Waals surface area contributed by atoms with Crippen LogP contribution in [0.4, 0.5) is 0 Å². The van der Waals surface area contributed by atoms with Crippen molar-refractivity contribution in [2.45, 2.75) is 0 Å². The number of methoxy groups -OCH3 is 1. The van der Waals surface area contributed by atoms with E-state index in [0.717, 1.165) is 4.47 Å². The molecule has 0 N–H and O–H groups in total. The van der Waals surface area contributed by atoms with Gasteiger partial charge >= 0.3 is 6.01 Å². The van der Waals surface area contributed by atoms with E-state index in [9.17, 15) is 0 Å². The Labute approximate surface area is 75.1 Å². The lowest BCUT2D eigenvalue weighted by Gasteiger charge is -1.97. The Bertz CT molecular complexity index is 241. The zero-order valence-electron chi connectivity index (χ0n) is 5.14. The van der Waals surface area contributed by atoms with Gasteiger partial charge in [-0.2, -0.15) is 4.98 Å². The highest BCUT2D eigenvalue weighted by atomic mass is 79.9. The van der Waals surface area contributed by atoms with Gasteiger partial charge in [-0.25, -0.2) is 4.98 Å². The Balaban J connectivity index is 3.04. The van der Waals surface area contributed by atoms with Gasteiger partial charge in [0.05, 0.1) is 11.6 Å². The largest absolute Gasteiger partial charge is 0.467 e. The molecule has 0 aliphatic rings. The number of aromatic nitrogens is 2. The molecule has 0 fully saturated rings. The monoisotopic (exact) mass is 266 g/mol. The van der Waals surface area contributed by atoms with Crippen molar-refractivity contribution in [2.24, 2.45) is 0 Å². The Hall–Kier alpha value is -0.160. The molecular formula is C5H4Br2N2O. The van der Waals surface area contributed by atoms with Crippen LogP contribution < -0.4 is 4.74 Å². The van der Waals surface area contributed by atoms with Gasteiger partial charge in [0.25, 0.3) is 0 Å². The fourth-order valence-corrected chi connectivity index (χ4v) is 0.875. The lowest BCUT2D eigenvalue weighted by atomic mass is 10.7. The van der Waals surface area contributed by atoms with Crippen molar-refractivity contribution in [1.29, 1.82) is 0 Å². The van der Waals surface area contributed by atoms with E-state index >= 15 is 0 Å². The molecule has 1 rings (SSSR count). The maximum Gasteiger partial charge on any atom is 0.317 e. The lowest BCUT2D eigenvalue weighted by Crippen LogP contribution is -1.91. The second kappa shape index (κ2) is 3.30. The molecule has 0 aromatic carbocycles. The van der Waals surface area contributed by atoms with Crippen LogP contribution in [0, 0.1) is 0 Å². The Morgan fingerprint density at radius 2 is 2.20 bits per heavy atom. The molecule has 0 saturated carbocycles. The van der Waals surface area contributed by atoms with Crippen molar-refractivity contribution < 1.29 is 4.74 Å². The van der Waals surface area contributed by atoms with E-state index in [1.165, 1.54) is 7.11 Å². The van der Waals surface area contributed by atoms with Gasteiger partial charge < -0.3 is 4.74 Å². The fourth-order valence-electron chi connectivity index (χ4n) is 0.430. The smallest absolute Gasteiger partial charge is 0.317 e. The second-order valence-corrected chi connectivity index (χ2v) is 3.10. The maximum absolute atomic E-state index is 4.78. The van der Waals surface area contributed by atoms with Crippen LogP contribution in [0.15, 0.2) is 15.3 Å². The summed E-state index contributed by atoms with van der Waals surface area (Å²) in [5, 5.41) is 0. The first-order valence-corrected chi connectivity index (χ1v) is 4.04.